The van der Waals surface area contributed by atoms with E-state index in [2.05, 4.69) is 20.7 Å². The fraction of sp³-hybridized carbons (Fsp3) is 0.333. The number of likely N-dealkylation sites (tertiary alicyclic amines) is 1. The Hall–Kier alpha value is -3.25. The predicted octanol–water partition coefficient (Wildman–Crippen LogP) is 3.92. The first-order valence-electron chi connectivity index (χ1n) is 10.2. The lowest BCUT2D eigenvalue weighted by Gasteiger charge is -2.22. The highest BCUT2D eigenvalue weighted by Crippen LogP contribution is 2.34. The lowest BCUT2D eigenvalue weighted by molar-refractivity contribution is -0.137. The number of nitrogens with one attached hydrogen (secondary N) is 2. The number of alkyl halides is 3. The molecule has 2 aromatic heterocycles. The van der Waals surface area contributed by atoms with E-state index in [-0.39, 0.29) is 24.1 Å². The molecule has 2 amide bonds. The molecule has 174 valence electrons. The van der Waals surface area contributed by atoms with Gasteiger partial charge >= 0.3 is 6.18 Å². The third-order valence-corrected chi connectivity index (χ3v) is 6.03. The highest BCUT2D eigenvalue weighted by Gasteiger charge is 2.31. The smallest absolute Gasteiger partial charge is 0.308 e. The molecule has 1 aliphatic heterocycles. The highest BCUT2D eigenvalue weighted by molar-refractivity contribution is 7.14. The van der Waals surface area contributed by atoms with Crippen LogP contribution in [-0.2, 0) is 18.0 Å². The van der Waals surface area contributed by atoms with E-state index >= 15 is 0 Å². The summed E-state index contributed by atoms with van der Waals surface area (Å²) in [6.07, 6.45) is -0.982. The van der Waals surface area contributed by atoms with Crippen LogP contribution in [0.4, 0.5) is 24.1 Å². The molecule has 8 nitrogen and oxygen atoms in total. The predicted molar refractivity (Wildman–Crippen MR) is 117 cm³/mol. The average Bonchev–Trinajstić information content (AvgIpc) is 3.49. The Balaban J connectivity index is 1.36. The van der Waals surface area contributed by atoms with Crippen molar-refractivity contribution in [3.8, 4) is 0 Å². The van der Waals surface area contributed by atoms with Crippen LogP contribution in [0.25, 0.3) is 0 Å². The van der Waals surface area contributed by atoms with Crippen molar-refractivity contribution in [2.45, 2.75) is 25.1 Å². The Bertz CT molecular complexity index is 1140. The van der Waals surface area contributed by atoms with Crippen LogP contribution < -0.4 is 10.6 Å². The number of anilines is 2. The van der Waals surface area contributed by atoms with Crippen LogP contribution in [0.3, 0.4) is 0 Å². The van der Waals surface area contributed by atoms with Gasteiger partial charge < -0.3 is 5.32 Å². The molecule has 1 saturated heterocycles. The molecule has 1 unspecified atom stereocenters. The number of rotatable bonds is 6. The molecular weight excluding hydrogens is 457 g/mol. The number of halogens is 3. The molecule has 1 aromatic carbocycles. The molecule has 3 aromatic rings. The molecule has 1 atom stereocenters. The molecule has 1 fully saturated rings. The van der Waals surface area contributed by atoms with Gasteiger partial charge in [-0.2, -0.15) is 18.3 Å². The number of aromatic nitrogens is 3. The molecule has 0 radical (unpaired) electrons. The zero-order valence-corrected chi connectivity index (χ0v) is 18.4. The van der Waals surface area contributed by atoms with Crippen molar-refractivity contribution in [1.29, 1.82) is 0 Å². The third kappa shape index (κ3) is 5.57. The number of amides is 2. The summed E-state index contributed by atoms with van der Waals surface area (Å²) in [5, 5.41) is 11.7. The first-order chi connectivity index (χ1) is 15.7. The molecular formula is C21H21F3N6O2S. The SMILES string of the molecule is Cn1ccc(NC(=O)CN2CCCC2c2csc(NC(=O)c3ccc(C(F)(F)F)cc3)n2)n1. The minimum absolute atomic E-state index is 0.0625. The number of benzene rings is 1. The van der Waals surface area contributed by atoms with Gasteiger partial charge in [-0.25, -0.2) is 4.98 Å². The first-order valence-corrected chi connectivity index (χ1v) is 11.0. The molecule has 0 spiro atoms. The fourth-order valence-electron chi connectivity index (χ4n) is 3.68. The second-order valence-corrected chi connectivity index (χ2v) is 8.52. The van der Waals surface area contributed by atoms with E-state index in [4.69, 9.17) is 0 Å². The van der Waals surface area contributed by atoms with E-state index < -0.39 is 17.6 Å². The fourth-order valence-corrected chi connectivity index (χ4v) is 4.43. The van der Waals surface area contributed by atoms with Gasteiger partial charge in [0.2, 0.25) is 5.91 Å². The van der Waals surface area contributed by atoms with Crippen LogP contribution in [0.2, 0.25) is 0 Å². The van der Waals surface area contributed by atoms with Crippen LogP contribution in [0.1, 0.15) is 40.5 Å². The molecule has 4 rings (SSSR count). The van der Waals surface area contributed by atoms with Gasteiger partial charge in [-0.1, -0.05) is 0 Å². The van der Waals surface area contributed by atoms with Crippen LogP contribution in [0.5, 0.6) is 0 Å². The van der Waals surface area contributed by atoms with Crippen LogP contribution >= 0.6 is 11.3 Å². The maximum absolute atomic E-state index is 12.7. The Morgan fingerprint density at radius 2 is 1.94 bits per heavy atom. The second-order valence-electron chi connectivity index (χ2n) is 7.66. The molecule has 12 heteroatoms. The largest absolute Gasteiger partial charge is 0.416 e. The van der Waals surface area contributed by atoms with E-state index in [0.717, 1.165) is 49.3 Å². The lowest BCUT2D eigenvalue weighted by Crippen LogP contribution is -2.33. The third-order valence-electron chi connectivity index (χ3n) is 5.25. The van der Waals surface area contributed by atoms with Gasteiger partial charge in [-0.05, 0) is 43.7 Å². The molecule has 0 saturated carbocycles. The van der Waals surface area contributed by atoms with Crippen molar-refractivity contribution < 1.29 is 22.8 Å². The van der Waals surface area contributed by atoms with E-state index in [1.54, 1.807) is 24.0 Å². The van der Waals surface area contributed by atoms with Gasteiger partial charge in [0.1, 0.15) is 0 Å². The minimum atomic E-state index is -4.46. The highest BCUT2D eigenvalue weighted by atomic mass is 32.1. The second kappa shape index (κ2) is 9.32. The molecule has 0 aliphatic carbocycles. The summed E-state index contributed by atoms with van der Waals surface area (Å²) in [5.74, 6) is -0.227. The van der Waals surface area contributed by atoms with Crippen molar-refractivity contribution in [2.24, 2.45) is 7.05 Å². The number of nitrogens with zero attached hydrogens (tertiary/aromatic N) is 4. The first kappa shape index (κ1) is 22.9. The number of carbonyl (C=O) groups excluding carboxylic acids is 2. The summed E-state index contributed by atoms with van der Waals surface area (Å²) < 4.78 is 39.7. The monoisotopic (exact) mass is 478 g/mol. The zero-order chi connectivity index (χ0) is 23.6. The van der Waals surface area contributed by atoms with Gasteiger partial charge in [0.05, 0.1) is 23.8 Å². The van der Waals surface area contributed by atoms with Gasteiger partial charge in [0.25, 0.3) is 5.91 Å². The average molecular weight is 479 g/mol. The van der Waals surface area contributed by atoms with E-state index in [1.165, 1.54) is 11.3 Å². The standard InChI is InChI=1S/C21H21F3N6O2S/c1-29-10-8-17(28-29)26-18(31)11-30-9-2-3-16(30)15-12-33-20(25-15)27-19(32)13-4-6-14(7-5-13)21(22,23)24/h4-8,10,12,16H,2-3,9,11H2,1H3,(H,25,27,32)(H,26,28,31). The minimum Gasteiger partial charge on any atom is -0.308 e. The number of carbonyl (C=O) groups is 2. The summed E-state index contributed by atoms with van der Waals surface area (Å²) in [5.41, 5.74) is 0.0308. The van der Waals surface area contributed by atoms with Gasteiger partial charge in [0.15, 0.2) is 10.9 Å². The van der Waals surface area contributed by atoms with Gasteiger partial charge in [0, 0.05) is 30.3 Å². The summed E-state index contributed by atoms with van der Waals surface area (Å²) >= 11 is 1.23. The van der Waals surface area contributed by atoms with Crippen molar-refractivity contribution in [3.05, 3.63) is 58.7 Å². The van der Waals surface area contributed by atoms with Crippen molar-refractivity contribution in [2.75, 3.05) is 23.7 Å². The Morgan fingerprint density at radius 3 is 2.61 bits per heavy atom. The maximum atomic E-state index is 12.7. The van der Waals surface area contributed by atoms with E-state index in [9.17, 15) is 22.8 Å². The Morgan fingerprint density at radius 1 is 1.18 bits per heavy atom. The quantitative estimate of drug-likeness (QED) is 0.560. The maximum Gasteiger partial charge on any atom is 0.416 e. The van der Waals surface area contributed by atoms with Gasteiger partial charge in [-0.3, -0.25) is 24.5 Å². The van der Waals surface area contributed by atoms with Crippen LogP contribution in [0.15, 0.2) is 41.9 Å². The summed E-state index contributed by atoms with van der Waals surface area (Å²) in [7, 11) is 1.77. The molecule has 2 N–H and O–H groups in total. The molecule has 0 bridgehead atoms. The van der Waals surface area contributed by atoms with Crippen LogP contribution in [0, 0.1) is 0 Å². The van der Waals surface area contributed by atoms with Crippen LogP contribution in [-0.4, -0.2) is 44.6 Å². The zero-order valence-electron chi connectivity index (χ0n) is 17.6. The summed E-state index contributed by atoms with van der Waals surface area (Å²) in [6.45, 7) is 0.928. The number of hydrogen-bond donors (Lipinski definition) is 2. The van der Waals surface area contributed by atoms with E-state index in [0.29, 0.717) is 10.9 Å². The molecule has 1 aliphatic rings. The number of aryl methyl sites for hydroxylation is 1. The number of thiazole rings is 1. The molecule has 33 heavy (non-hydrogen) atoms. The Labute approximate surface area is 191 Å². The van der Waals surface area contributed by atoms with Gasteiger partial charge in [-0.15, -0.1) is 11.3 Å². The van der Waals surface area contributed by atoms with E-state index in [1.807, 2.05) is 10.3 Å². The molecule has 3 heterocycles. The van der Waals surface area contributed by atoms with Crippen molar-refractivity contribution >= 4 is 34.1 Å². The Kier molecular flexibility index (Phi) is 6.47. The van der Waals surface area contributed by atoms with Crippen molar-refractivity contribution in [3.63, 3.8) is 0 Å². The summed E-state index contributed by atoms with van der Waals surface area (Å²) in [4.78, 5) is 31.3. The lowest BCUT2D eigenvalue weighted by atomic mass is 10.1. The normalized spacial score (nSPS) is 16.7. The summed E-state index contributed by atoms with van der Waals surface area (Å²) in [6, 6.07) is 5.65. The van der Waals surface area contributed by atoms with Crippen molar-refractivity contribution in [1.82, 2.24) is 19.7 Å². The number of hydrogen-bond acceptors (Lipinski definition) is 6. The topological polar surface area (TPSA) is 92.2 Å².